The molecule has 33 heavy (non-hydrogen) atoms. The Kier molecular flexibility index (Phi) is 5.32. The van der Waals surface area contributed by atoms with Crippen molar-refractivity contribution in [3.05, 3.63) is 105 Å². The minimum atomic E-state index is -0.482. The Hall–Kier alpha value is -4.10. The summed E-state index contributed by atoms with van der Waals surface area (Å²) in [5, 5.41) is 12.4. The van der Waals surface area contributed by atoms with Gasteiger partial charge in [0.15, 0.2) is 0 Å². The number of aromatic nitrogens is 4. The lowest BCUT2D eigenvalue weighted by Gasteiger charge is -2.05. The van der Waals surface area contributed by atoms with Crippen LogP contribution in [0.4, 0.5) is 5.69 Å². The number of hydrogen-bond donors (Lipinski definition) is 1. The van der Waals surface area contributed by atoms with Crippen molar-refractivity contribution in [2.45, 2.75) is 13.3 Å². The molecule has 0 unspecified atom stereocenters. The molecule has 0 spiro atoms. The molecular formula is C25H18ClN5O2. The highest BCUT2D eigenvalue weighted by atomic mass is 35.5. The number of nitrogens with zero attached hydrogens (tertiary/aromatic N) is 4. The molecule has 0 fully saturated rings. The van der Waals surface area contributed by atoms with Crippen LogP contribution >= 0.6 is 11.6 Å². The van der Waals surface area contributed by atoms with Crippen LogP contribution in [0.25, 0.3) is 33.5 Å². The average molecular weight is 456 g/mol. The number of aromatic amines is 1. The number of nitro benzene ring substituents is 1. The van der Waals surface area contributed by atoms with Crippen LogP contribution in [0.5, 0.6) is 0 Å². The molecule has 0 aliphatic carbocycles. The first-order valence-corrected chi connectivity index (χ1v) is 10.7. The van der Waals surface area contributed by atoms with Gasteiger partial charge in [-0.2, -0.15) is 0 Å². The summed E-state index contributed by atoms with van der Waals surface area (Å²) in [5.41, 5.74) is 5.67. The Morgan fingerprint density at radius 1 is 1.03 bits per heavy atom. The number of pyridine rings is 2. The van der Waals surface area contributed by atoms with Gasteiger partial charge in [0, 0.05) is 35.3 Å². The van der Waals surface area contributed by atoms with Crippen molar-refractivity contribution in [3.63, 3.8) is 0 Å². The molecule has 0 aliphatic rings. The summed E-state index contributed by atoms with van der Waals surface area (Å²) < 4.78 is 0. The third-order valence-electron chi connectivity index (χ3n) is 5.35. The van der Waals surface area contributed by atoms with Crippen LogP contribution in [-0.4, -0.2) is 24.9 Å². The van der Waals surface area contributed by atoms with E-state index in [1.165, 1.54) is 12.1 Å². The standard InChI is InChI=1S/C25H18ClN5O2/c1-15-4-2-6-21(28-15)25-24(18-8-10-20-17(14-18)5-3-11-27-20)29-23(30-25)13-16-7-9-19(26)22(12-16)31(32)33/h2-12,14H,13H2,1H3,(H,29,30). The van der Waals surface area contributed by atoms with Gasteiger partial charge in [-0.15, -0.1) is 0 Å². The summed E-state index contributed by atoms with van der Waals surface area (Å²) >= 11 is 5.97. The van der Waals surface area contributed by atoms with E-state index in [4.69, 9.17) is 16.6 Å². The number of imidazole rings is 1. The maximum atomic E-state index is 11.3. The maximum Gasteiger partial charge on any atom is 0.288 e. The van der Waals surface area contributed by atoms with Gasteiger partial charge >= 0.3 is 0 Å². The number of rotatable bonds is 5. The molecule has 5 aromatic rings. The molecular weight excluding hydrogens is 438 g/mol. The fraction of sp³-hybridized carbons (Fsp3) is 0.0800. The summed E-state index contributed by atoms with van der Waals surface area (Å²) in [5.74, 6) is 0.672. The first-order valence-electron chi connectivity index (χ1n) is 10.3. The normalized spacial score (nSPS) is 11.1. The van der Waals surface area contributed by atoms with E-state index >= 15 is 0 Å². The zero-order valence-corrected chi connectivity index (χ0v) is 18.4. The van der Waals surface area contributed by atoms with E-state index in [0.29, 0.717) is 12.2 Å². The summed E-state index contributed by atoms with van der Waals surface area (Å²) in [6.45, 7) is 1.94. The molecule has 0 amide bonds. The third-order valence-corrected chi connectivity index (χ3v) is 5.67. The highest BCUT2D eigenvalue weighted by Crippen LogP contribution is 2.32. The molecule has 0 saturated carbocycles. The van der Waals surface area contributed by atoms with Crippen molar-refractivity contribution < 1.29 is 4.92 Å². The van der Waals surface area contributed by atoms with Crippen molar-refractivity contribution in [1.82, 2.24) is 19.9 Å². The Bertz CT molecular complexity index is 1510. The van der Waals surface area contributed by atoms with Gasteiger partial charge in [-0.25, -0.2) is 4.98 Å². The second kappa shape index (κ2) is 8.44. The van der Waals surface area contributed by atoms with Crippen molar-refractivity contribution >= 4 is 28.2 Å². The SMILES string of the molecule is Cc1cccc(-c2[nH]c(Cc3ccc(Cl)c([N+](=O)[O-])c3)nc2-c2ccc3ncccc3c2)n1. The molecule has 0 atom stereocenters. The van der Waals surface area contributed by atoms with E-state index in [0.717, 1.165) is 44.8 Å². The fourth-order valence-electron chi connectivity index (χ4n) is 3.81. The van der Waals surface area contributed by atoms with Crippen LogP contribution in [0.2, 0.25) is 5.02 Å². The zero-order chi connectivity index (χ0) is 22.9. The Morgan fingerprint density at radius 3 is 2.73 bits per heavy atom. The predicted molar refractivity (Wildman–Crippen MR) is 128 cm³/mol. The predicted octanol–water partition coefficient (Wildman–Crippen LogP) is 6.15. The molecule has 0 saturated heterocycles. The molecule has 0 bridgehead atoms. The molecule has 2 aromatic carbocycles. The first kappa shape index (κ1) is 20.8. The van der Waals surface area contributed by atoms with E-state index in [1.54, 1.807) is 12.3 Å². The lowest BCUT2D eigenvalue weighted by atomic mass is 10.1. The van der Waals surface area contributed by atoms with Crippen LogP contribution in [0.3, 0.4) is 0 Å². The van der Waals surface area contributed by atoms with Gasteiger partial charge in [0.25, 0.3) is 5.69 Å². The Labute approximate surface area is 194 Å². The molecule has 0 aliphatic heterocycles. The lowest BCUT2D eigenvalue weighted by Crippen LogP contribution is -1.95. The minimum Gasteiger partial charge on any atom is -0.340 e. The van der Waals surface area contributed by atoms with Gasteiger partial charge in [0.1, 0.15) is 10.8 Å². The topological polar surface area (TPSA) is 97.6 Å². The fourth-order valence-corrected chi connectivity index (χ4v) is 3.99. The second-order valence-electron chi connectivity index (χ2n) is 7.70. The molecule has 3 aromatic heterocycles. The van der Waals surface area contributed by atoms with E-state index in [2.05, 4.69) is 21.0 Å². The lowest BCUT2D eigenvalue weighted by molar-refractivity contribution is -0.384. The largest absolute Gasteiger partial charge is 0.340 e. The minimum absolute atomic E-state index is 0.110. The number of hydrogen-bond acceptors (Lipinski definition) is 5. The quantitative estimate of drug-likeness (QED) is 0.253. The molecule has 5 rings (SSSR count). The van der Waals surface area contributed by atoms with Gasteiger partial charge in [-0.3, -0.25) is 20.1 Å². The maximum absolute atomic E-state index is 11.3. The second-order valence-corrected chi connectivity index (χ2v) is 8.11. The van der Waals surface area contributed by atoms with Crippen LogP contribution in [0, 0.1) is 17.0 Å². The van der Waals surface area contributed by atoms with Crippen LogP contribution in [0.15, 0.2) is 72.9 Å². The van der Waals surface area contributed by atoms with Gasteiger partial charge in [0.05, 0.1) is 27.5 Å². The molecule has 162 valence electrons. The third kappa shape index (κ3) is 4.18. The number of H-pyrrole nitrogens is 1. The van der Waals surface area contributed by atoms with Gasteiger partial charge in [-0.1, -0.05) is 35.9 Å². The highest BCUT2D eigenvalue weighted by Gasteiger charge is 2.18. The molecule has 1 N–H and O–H groups in total. The summed E-state index contributed by atoms with van der Waals surface area (Å²) in [7, 11) is 0. The van der Waals surface area contributed by atoms with E-state index < -0.39 is 4.92 Å². The smallest absolute Gasteiger partial charge is 0.288 e. The molecule has 8 heteroatoms. The summed E-state index contributed by atoms with van der Waals surface area (Å²) in [6, 6.07) is 20.5. The van der Waals surface area contributed by atoms with Crippen molar-refractivity contribution in [2.24, 2.45) is 0 Å². The number of aryl methyl sites for hydroxylation is 1. The first-order chi connectivity index (χ1) is 16.0. The molecule has 3 heterocycles. The molecule has 7 nitrogen and oxygen atoms in total. The van der Waals surface area contributed by atoms with Crippen molar-refractivity contribution in [1.29, 1.82) is 0 Å². The van der Waals surface area contributed by atoms with Crippen molar-refractivity contribution in [3.8, 4) is 22.6 Å². The van der Waals surface area contributed by atoms with Crippen molar-refractivity contribution in [2.75, 3.05) is 0 Å². The number of halogens is 1. The number of nitrogens with one attached hydrogen (secondary N) is 1. The monoisotopic (exact) mass is 455 g/mol. The molecule has 0 radical (unpaired) electrons. The summed E-state index contributed by atoms with van der Waals surface area (Å²) in [6.07, 6.45) is 2.15. The highest BCUT2D eigenvalue weighted by molar-refractivity contribution is 6.32. The summed E-state index contributed by atoms with van der Waals surface area (Å²) in [4.78, 5) is 28.1. The van der Waals surface area contributed by atoms with Crippen LogP contribution < -0.4 is 0 Å². The van der Waals surface area contributed by atoms with Crippen LogP contribution in [0.1, 0.15) is 17.1 Å². The van der Waals surface area contributed by atoms with E-state index in [9.17, 15) is 10.1 Å². The number of nitro groups is 1. The average Bonchev–Trinajstić information content (AvgIpc) is 3.23. The van der Waals surface area contributed by atoms with Gasteiger partial charge in [-0.05, 0) is 48.9 Å². The van der Waals surface area contributed by atoms with E-state index in [-0.39, 0.29) is 10.7 Å². The van der Waals surface area contributed by atoms with Gasteiger partial charge < -0.3 is 4.98 Å². The number of benzene rings is 2. The zero-order valence-electron chi connectivity index (χ0n) is 17.6. The van der Waals surface area contributed by atoms with Gasteiger partial charge in [0.2, 0.25) is 0 Å². The van der Waals surface area contributed by atoms with E-state index in [1.807, 2.05) is 49.4 Å². The Morgan fingerprint density at radius 2 is 1.91 bits per heavy atom. The number of fused-ring (bicyclic) bond motifs is 1. The Balaban J connectivity index is 1.62. The van der Waals surface area contributed by atoms with Crippen LogP contribution in [-0.2, 0) is 6.42 Å².